The molecule has 0 aromatic heterocycles. The lowest BCUT2D eigenvalue weighted by Gasteiger charge is -2.23. The van der Waals surface area contributed by atoms with Crippen molar-refractivity contribution in [2.75, 3.05) is 19.1 Å². The van der Waals surface area contributed by atoms with E-state index in [1.807, 2.05) is 38.1 Å². The summed E-state index contributed by atoms with van der Waals surface area (Å²) >= 11 is 0. The highest BCUT2D eigenvalue weighted by molar-refractivity contribution is 6.21. The Bertz CT molecular complexity index is 959. The minimum atomic E-state index is -0.571. The first-order valence-electron chi connectivity index (χ1n) is 10.9. The largest absolute Gasteiger partial charge is 0.502 e. The lowest BCUT2D eigenvalue weighted by atomic mass is 10.0. The van der Waals surface area contributed by atoms with Gasteiger partial charge in [0.1, 0.15) is 6.04 Å². The van der Waals surface area contributed by atoms with Gasteiger partial charge in [0.2, 0.25) is 5.75 Å². The van der Waals surface area contributed by atoms with Gasteiger partial charge in [-0.3, -0.25) is 4.79 Å². The molecule has 1 N–H and O–H groups in total. The van der Waals surface area contributed by atoms with Crippen molar-refractivity contribution in [1.29, 1.82) is 0 Å². The van der Waals surface area contributed by atoms with E-state index in [1.54, 1.807) is 17.0 Å². The van der Waals surface area contributed by atoms with Crippen molar-refractivity contribution < 1.29 is 24.2 Å². The number of carbonyl (C=O) groups is 2. The molecule has 0 radical (unpaired) electrons. The number of imide groups is 1. The van der Waals surface area contributed by atoms with Gasteiger partial charge in [0, 0.05) is 6.54 Å². The summed E-state index contributed by atoms with van der Waals surface area (Å²) in [5.41, 5.74) is 2.41. The number of nitrogens with zero attached hydrogens (tertiary/aromatic N) is 2. The molecule has 1 atom stereocenters. The van der Waals surface area contributed by atoms with Crippen molar-refractivity contribution in [3.63, 3.8) is 0 Å². The van der Waals surface area contributed by atoms with Crippen LogP contribution in [0.2, 0.25) is 0 Å². The van der Waals surface area contributed by atoms with Gasteiger partial charge in [-0.2, -0.15) is 0 Å². The van der Waals surface area contributed by atoms with E-state index < -0.39 is 6.04 Å². The van der Waals surface area contributed by atoms with E-state index in [9.17, 15) is 14.7 Å². The fourth-order valence-corrected chi connectivity index (χ4v) is 3.97. The summed E-state index contributed by atoms with van der Waals surface area (Å²) in [6.07, 6.45) is 0.553. The molecule has 0 aliphatic carbocycles. The number of phenols is 1. The van der Waals surface area contributed by atoms with Gasteiger partial charge in [0.25, 0.3) is 5.91 Å². The SMILES string of the molecule is COc1cc(CN2C(=O)N(c3ccc(C(C)C)cc3)C(=O)[C@@H]2CC(C)C)cc(OC)c1O. The first-order valence-corrected chi connectivity index (χ1v) is 10.9. The van der Waals surface area contributed by atoms with Crippen LogP contribution in [0.5, 0.6) is 17.2 Å². The molecule has 1 saturated heterocycles. The number of benzene rings is 2. The second-order valence-corrected chi connectivity index (χ2v) is 8.82. The molecule has 2 aromatic rings. The van der Waals surface area contributed by atoms with E-state index in [-0.39, 0.29) is 41.6 Å². The van der Waals surface area contributed by atoms with Crippen molar-refractivity contribution in [1.82, 2.24) is 4.90 Å². The smallest absolute Gasteiger partial charge is 0.332 e. The normalized spacial score (nSPS) is 16.4. The van der Waals surface area contributed by atoms with E-state index in [2.05, 4.69) is 13.8 Å². The number of rotatable bonds is 8. The topological polar surface area (TPSA) is 79.3 Å². The third-order valence-corrected chi connectivity index (χ3v) is 5.72. The molecule has 7 nitrogen and oxygen atoms in total. The van der Waals surface area contributed by atoms with Gasteiger partial charge in [0.15, 0.2) is 11.5 Å². The van der Waals surface area contributed by atoms with Crippen LogP contribution < -0.4 is 14.4 Å². The summed E-state index contributed by atoms with van der Waals surface area (Å²) in [4.78, 5) is 29.6. The Labute approximate surface area is 189 Å². The van der Waals surface area contributed by atoms with E-state index in [0.717, 1.165) is 5.56 Å². The Kier molecular flexibility index (Phi) is 6.96. The lowest BCUT2D eigenvalue weighted by molar-refractivity contribution is -0.120. The minimum absolute atomic E-state index is 0.104. The number of phenolic OH excluding ortho intramolecular Hbond substituents is 1. The Hall–Kier alpha value is -3.22. The van der Waals surface area contributed by atoms with Crippen LogP contribution in [-0.2, 0) is 11.3 Å². The van der Waals surface area contributed by atoms with Crippen LogP contribution >= 0.6 is 0 Å². The highest BCUT2D eigenvalue weighted by Crippen LogP contribution is 2.38. The molecule has 172 valence electrons. The maximum absolute atomic E-state index is 13.4. The van der Waals surface area contributed by atoms with Gasteiger partial charge in [0.05, 0.1) is 19.9 Å². The van der Waals surface area contributed by atoms with Gasteiger partial charge >= 0.3 is 6.03 Å². The van der Waals surface area contributed by atoms with E-state index >= 15 is 0 Å². The molecule has 0 saturated carbocycles. The zero-order valence-electron chi connectivity index (χ0n) is 19.6. The standard InChI is InChI=1S/C25H32N2O5/c1-15(2)11-20-24(29)27(19-9-7-18(8-10-19)16(3)4)25(30)26(20)14-17-12-21(31-5)23(28)22(13-17)32-6/h7-10,12-13,15-16,20,28H,11,14H2,1-6H3/t20-/m0/s1. The molecular weight excluding hydrogens is 408 g/mol. The number of hydrogen-bond acceptors (Lipinski definition) is 5. The molecule has 1 aliphatic heterocycles. The van der Waals surface area contributed by atoms with Crippen LogP contribution in [0, 0.1) is 5.92 Å². The van der Waals surface area contributed by atoms with Crippen molar-refractivity contribution >= 4 is 17.6 Å². The number of carbonyl (C=O) groups excluding carboxylic acids is 2. The fourth-order valence-electron chi connectivity index (χ4n) is 3.97. The quantitative estimate of drug-likeness (QED) is 0.590. The van der Waals surface area contributed by atoms with Gasteiger partial charge in [-0.15, -0.1) is 0 Å². The number of amides is 3. The summed E-state index contributed by atoms with van der Waals surface area (Å²) in [5.74, 6) is 0.759. The van der Waals surface area contributed by atoms with Crippen LogP contribution in [0.25, 0.3) is 0 Å². The molecule has 1 fully saturated rings. The summed E-state index contributed by atoms with van der Waals surface area (Å²) in [6, 6.07) is 9.94. The van der Waals surface area contributed by atoms with Crippen LogP contribution in [0.3, 0.4) is 0 Å². The number of anilines is 1. The molecular formula is C25H32N2O5. The van der Waals surface area contributed by atoms with Crippen molar-refractivity contribution in [3.05, 3.63) is 47.5 Å². The van der Waals surface area contributed by atoms with Crippen molar-refractivity contribution in [2.45, 2.75) is 52.6 Å². The second kappa shape index (κ2) is 9.51. The molecule has 0 spiro atoms. The molecule has 32 heavy (non-hydrogen) atoms. The number of urea groups is 1. The van der Waals surface area contributed by atoms with Crippen molar-refractivity contribution in [3.8, 4) is 17.2 Å². The van der Waals surface area contributed by atoms with Crippen molar-refractivity contribution in [2.24, 2.45) is 5.92 Å². The minimum Gasteiger partial charge on any atom is -0.502 e. The van der Waals surface area contributed by atoms with Crippen LogP contribution in [-0.4, -0.2) is 42.2 Å². The maximum Gasteiger partial charge on any atom is 0.332 e. The highest BCUT2D eigenvalue weighted by Gasteiger charge is 2.45. The van der Waals surface area contributed by atoms with Crippen LogP contribution in [0.15, 0.2) is 36.4 Å². The second-order valence-electron chi connectivity index (χ2n) is 8.82. The monoisotopic (exact) mass is 440 g/mol. The lowest BCUT2D eigenvalue weighted by Crippen LogP contribution is -2.35. The third-order valence-electron chi connectivity index (χ3n) is 5.72. The van der Waals surface area contributed by atoms with E-state index in [4.69, 9.17) is 9.47 Å². The first-order chi connectivity index (χ1) is 15.2. The van der Waals surface area contributed by atoms with Gasteiger partial charge < -0.3 is 19.5 Å². The molecule has 1 heterocycles. The Morgan fingerprint density at radius 2 is 1.53 bits per heavy atom. The summed E-state index contributed by atoms with van der Waals surface area (Å²) in [5, 5.41) is 10.2. The van der Waals surface area contributed by atoms with Gasteiger partial charge in [-0.25, -0.2) is 9.69 Å². The Morgan fingerprint density at radius 1 is 0.969 bits per heavy atom. The average molecular weight is 441 g/mol. The molecule has 2 aromatic carbocycles. The summed E-state index contributed by atoms with van der Waals surface area (Å²) in [6.45, 7) is 8.45. The van der Waals surface area contributed by atoms with Crippen LogP contribution in [0.1, 0.15) is 51.2 Å². The highest BCUT2D eigenvalue weighted by atomic mass is 16.5. The molecule has 3 amide bonds. The van der Waals surface area contributed by atoms with Crippen LogP contribution in [0.4, 0.5) is 10.5 Å². The maximum atomic E-state index is 13.4. The zero-order valence-corrected chi connectivity index (χ0v) is 19.6. The molecule has 7 heteroatoms. The number of ether oxygens (including phenoxy) is 2. The fraction of sp³-hybridized carbons (Fsp3) is 0.440. The van der Waals surface area contributed by atoms with Gasteiger partial charge in [-0.1, -0.05) is 39.8 Å². The zero-order chi connectivity index (χ0) is 23.6. The molecule has 1 aliphatic rings. The number of aromatic hydroxyl groups is 1. The predicted octanol–water partition coefficient (Wildman–Crippen LogP) is 4.92. The summed E-state index contributed by atoms with van der Waals surface area (Å²) < 4.78 is 10.5. The predicted molar refractivity (Wildman–Crippen MR) is 123 cm³/mol. The van der Waals surface area contributed by atoms with E-state index in [1.165, 1.54) is 19.1 Å². The Morgan fingerprint density at radius 3 is 2.00 bits per heavy atom. The Balaban J connectivity index is 1.96. The molecule has 0 unspecified atom stereocenters. The number of hydrogen-bond donors (Lipinski definition) is 1. The third kappa shape index (κ3) is 4.52. The molecule has 3 rings (SSSR count). The number of methoxy groups -OCH3 is 2. The first kappa shape index (κ1) is 23.4. The average Bonchev–Trinajstić information content (AvgIpc) is 2.98. The molecule has 0 bridgehead atoms. The van der Waals surface area contributed by atoms with Gasteiger partial charge in [-0.05, 0) is 53.6 Å². The summed E-state index contributed by atoms with van der Waals surface area (Å²) in [7, 11) is 2.90. The van der Waals surface area contributed by atoms with E-state index in [0.29, 0.717) is 23.6 Å².